The van der Waals surface area contributed by atoms with E-state index >= 15 is 0 Å². The van der Waals surface area contributed by atoms with Crippen molar-refractivity contribution in [1.82, 2.24) is 0 Å². The lowest BCUT2D eigenvalue weighted by molar-refractivity contribution is -0.0246. The number of alkyl halides is 1. The number of aliphatic hydroxyl groups is 1. The van der Waals surface area contributed by atoms with Crippen LogP contribution < -0.4 is 0 Å². The minimum absolute atomic E-state index is 0.171. The second-order valence-electron chi connectivity index (χ2n) is 4.93. The third-order valence-electron chi connectivity index (χ3n) is 3.72. The summed E-state index contributed by atoms with van der Waals surface area (Å²) in [5.41, 5.74) is 0.355. The Morgan fingerprint density at radius 1 is 1.46 bits per heavy atom. The van der Waals surface area contributed by atoms with Crippen molar-refractivity contribution >= 4 is 11.6 Å². The molecule has 1 rings (SSSR count). The zero-order chi connectivity index (χ0) is 10.1. The number of hydrogen-bond acceptors (Lipinski definition) is 1. The van der Waals surface area contributed by atoms with Crippen LogP contribution in [-0.4, -0.2) is 17.1 Å². The quantitative estimate of drug-likeness (QED) is 0.686. The van der Waals surface area contributed by atoms with E-state index < -0.39 is 0 Å². The van der Waals surface area contributed by atoms with E-state index in [1.165, 1.54) is 0 Å². The fourth-order valence-corrected chi connectivity index (χ4v) is 3.25. The Morgan fingerprint density at radius 3 is 2.46 bits per heavy atom. The maximum Gasteiger partial charge on any atom is 0.0582 e. The predicted molar refractivity (Wildman–Crippen MR) is 57.0 cm³/mol. The molecule has 1 aliphatic carbocycles. The SMILES string of the molecule is CCC1C(CCl)C(O)CCC1(C)C. The Balaban J connectivity index is 2.77. The molecule has 1 N–H and O–H groups in total. The van der Waals surface area contributed by atoms with E-state index in [1.807, 2.05) is 0 Å². The molecule has 0 aromatic heterocycles. The van der Waals surface area contributed by atoms with Gasteiger partial charge in [-0.2, -0.15) is 0 Å². The van der Waals surface area contributed by atoms with Gasteiger partial charge in [-0.15, -0.1) is 11.6 Å². The highest BCUT2D eigenvalue weighted by molar-refractivity contribution is 6.18. The fourth-order valence-electron chi connectivity index (χ4n) is 2.83. The average Bonchev–Trinajstić information content (AvgIpc) is 2.08. The summed E-state index contributed by atoms with van der Waals surface area (Å²) in [6, 6.07) is 0. The standard InChI is InChI=1S/C11H21ClO/c1-4-9-8(7-12)10(13)5-6-11(9,2)3/h8-10,13H,4-7H2,1-3H3. The van der Waals surface area contributed by atoms with Crippen LogP contribution in [0.3, 0.4) is 0 Å². The zero-order valence-electron chi connectivity index (χ0n) is 8.89. The van der Waals surface area contributed by atoms with E-state index in [-0.39, 0.29) is 6.10 Å². The van der Waals surface area contributed by atoms with Crippen LogP contribution in [0.25, 0.3) is 0 Å². The molecule has 0 spiro atoms. The van der Waals surface area contributed by atoms with Gasteiger partial charge in [0.25, 0.3) is 0 Å². The van der Waals surface area contributed by atoms with Gasteiger partial charge in [-0.1, -0.05) is 27.2 Å². The van der Waals surface area contributed by atoms with E-state index in [0.717, 1.165) is 19.3 Å². The molecule has 1 saturated carbocycles. The maximum atomic E-state index is 9.82. The molecule has 0 amide bonds. The molecule has 3 atom stereocenters. The van der Waals surface area contributed by atoms with Crippen molar-refractivity contribution in [3.05, 3.63) is 0 Å². The van der Waals surface area contributed by atoms with Gasteiger partial charge in [-0.05, 0) is 24.2 Å². The van der Waals surface area contributed by atoms with Gasteiger partial charge < -0.3 is 5.11 Å². The third-order valence-corrected chi connectivity index (χ3v) is 4.07. The Hall–Kier alpha value is 0.250. The van der Waals surface area contributed by atoms with Gasteiger partial charge in [0.2, 0.25) is 0 Å². The first-order valence-corrected chi connectivity index (χ1v) is 5.80. The summed E-state index contributed by atoms with van der Waals surface area (Å²) in [7, 11) is 0. The monoisotopic (exact) mass is 204 g/mol. The van der Waals surface area contributed by atoms with Gasteiger partial charge >= 0.3 is 0 Å². The largest absolute Gasteiger partial charge is 0.393 e. The van der Waals surface area contributed by atoms with Gasteiger partial charge in [-0.25, -0.2) is 0 Å². The third kappa shape index (κ3) is 2.19. The Labute approximate surface area is 86.5 Å². The first-order valence-electron chi connectivity index (χ1n) is 5.27. The van der Waals surface area contributed by atoms with Crippen molar-refractivity contribution in [3.63, 3.8) is 0 Å². The minimum Gasteiger partial charge on any atom is -0.393 e. The number of aliphatic hydroxyl groups excluding tert-OH is 1. The molecule has 0 bridgehead atoms. The number of halogens is 1. The van der Waals surface area contributed by atoms with E-state index in [2.05, 4.69) is 20.8 Å². The van der Waals surface area contributed by atoms with Crippen LogP contribution in [0, 0.1) is 17.3 Å². The van der Waals surface area contributed by atoms with Crippen LogP contribution in [0.2, 0.25) is 0 Å². The summed E-state index contributed by atoms with van der Waals surface area (Å²) in [6.07, 6.45) is 3.00. The molecule has 2 heteroatoms. The number of rotatable bonds is 2. The summed E-state index contributed by atoms with van der Waals surface area (Å²) >= 11 is 5.92. The van der Waals surface area contributed by atoms with Crippen LogP contribution in [0.5, 0.6) is 0 Å². The molecule has 1 fully saturated rings. The molecule has 13 heavy (non-hydrogen) atoms. The molecule has 0 aromatic rings. The number of hydrogen-bond donors (Lipinski definition) is 1. The van der Waals surface area contributed by atoms with Gasteiger partial charge in [0.1, 0.15) is 0 Å². The molecular formula is C11H21ClO. The van der Waals surface area contributed by atoms with Crippen molar-refractivity contribution in [1.29, 1.82) is 0 Å². The van der Waals surface area contributed by atoms with Crippen molar-refractivity contribution in [2.24, 2.45) is 17.3 Å². The second kappa shape index (κ2) is 4.18. The van der Waals surface area contributed by atoms with Gasteiger partial charge in [0.15, 0.2) is 0 Å². The van der Waals surface area contributed by atoms with Crippen molar-refractivity contribution in [3.8, 4) is 0 Å². The molecule has 1 nitrogen and oxygen atoms in total. The Kier molecular flexibility index (Phi) is 3.64. The summed E-state index contributed by atoms with van der Waals surface area (Å²) in [5, 5.41) is 9.82. The minimum atomic E-state index is -0.171. The Morgan fingerprint density at radius 2 is 2.08 bits per heavy atom. The molecule has 78 valence electrons. The van der Waals surface area contributed by atoms with Gasteiger partial charge in [0, 0.05) is 11.8 Å². The van der Waals surface area contributed by atoms with Crippen LogP contribution in [-0.2, 0) is 0 Å². The van der Waals surface area contributed by atoms with E-state index in [0.29, 0.717) is 23.1 Å². The lowest BCUT2D eigenvalue weighted by atomic mass is 9.62. The van der Waals surface area contributed by atoms with Gasteiger partial charge in [-0.3, -0.25) is 0 Å². The summed E-state index contributed by atoms with van der Waals surface area (Å²) in [4.78, 5) is 0. The van der Waals surface area contributed by atoms with E-state index in [9.17, 15) is 5.11 Å². The smallest absolute Gasteiger partial charge is 0.0582 e. The first-order chi connectivity index (χ1) is 6.03. The van der Waals surface area contributed by atoms with Gasteiger partial charge in [0.05, 0.1) is 6.10 Å². The molecule has 0 radical (unpaired) electrons. The van der Waals surface area contributed by atoms with E-state index in [1.54, 1.807) is 0 Å². The molecule has 0 heterocycles. The Bertz CT molecular complexity index is 167. The summed E-state index contributed by atoms with van der Waals surface area (Å²) in [5.74, 6) is 1.48. The van der Waals surface area contributed by atoms with E-state index in [4.69, 9.17) is 11.6 Å². The zero-order valence-corrected chi connectivity index (χ0v) is 9.64. The fraction of sp³-hybridized carbons (Fsp3) is 1.00. The maximum absolute atomic E-state index is 9.82. The lowest BCUT2D eigenvalue weighted by Gasteiger charge is -2.45. The molecule has 0 saturated heterocycles. The molecular weight excluding hydrogens is 184 g/mol. The van der Waals surface area contributed by atoms with Crippen molar-refractivity contribution in [2.75, 3.05) is 5.88 Å². The highest BCUT2D eigenvalue weighted by Gasteiger charge is 2.41. The normalized spacial score (nSPS) is 39.0. The van der Waals surface area contributed by atoms with Crippen LogP contribution in [0.15, 0.2) is 0 Å². The van der Waals surface area contributed by atoms with Crippen LogP contribution >= 0.6 is 11.6 Å². The second-order valence-corrected chi connectivity index (χ2v) is 5.24. The molecule has 3 unspecified atom stereocenters. The molecule has 1 aliphatic rings. The highest BCUT2D eigenvalue weighted by atomic mass is 35.5. The predicted octanol–water partition coefficient (Wildman–Crippen LogP) is 3.05. The van der Waals surface area contributed by atoms with Crippen LogP contribution in [0.4, 0.5) is 0 Å². The van der Waals surface area contributed by atoms with Crippen LogP contribution in [0.1, 0.15) is 40.0 Å². The van der Waals surface area contributed by atoms with Crippen molar-refractivity contribution < 1.29 is 5.11 Å². The average molecular weight is 205 g/mol. The highest BCUT2D eigenvalue weighted by Crippen LogP contribution is 2.45. The summed E-state index contributed by atoms with van der Waals surface area (Å²) in [6.45, 7) is 6.79. The molecule has 0 aliphatic heterocycles. The first kappa shape index (κ1) is 11.3. The topological polar surface area (TPSA) is 20.2 Å². The lowest BCUT2D eigenvalue weighted by Crippen LogP contribution is -2.43. The summed E-state index contributed by atoms with van der Waals surface area (Å²) < 4.78 is 0. The van der Waals surface area contributed by atoms with Crippen molar-refractivity contribution in [2.45, 2.75) is 46.1 Å². The molecule has 0 aromatic carbocycles.